The second-order valence-electron chi connectivity index (χ2n) is 13.4. The first-order chi connectivity index (χ1) is 27.3. The number of aliphatic hydroxyl groups excluding tert-OH is 1. The smallest absolute Gasteiger partial charge is 0.243 e. The Balaban J connectivity index is 1.60. The minimum Gasteiger partial charge on any atom is -0.394 e. The summed E-state index contributed by atoms with van der Waals surface area (Å²) in [6.45, 7) is -0.225. The zero-order valence-corrected chi connectivity index (χ0v) is 31.7. The highest BCUT2D eigenvalue weighted by Crippen LogP contribution is 2.20. The van der Waals surface area contributed by atoms with Crippen LogP contribution < -0.4 is 43.9 Å². The predicted octanol–water partition coefficient (Wildman–Crippen LogP) is -2.11. The molecule has 4 rings (SSSR count). The first-order valence-electron chi connectivity index (χ1n) is 18.7. The molecular formula is C37H51N11O7S. The van der Waals surface area contributed by atoms with Crippen LogP contribution in [0.5, 0.6) is 0 Å². The first kappa shape index (κ1) is 41.7. The number of para-hydroxylation sites is 1. The number of hydrogen-bond donors (Lipinski definition) is 11. The maximum absolute atomic E-state index is 14.2. The number of carbonyl (C=O) groups is 6. The van der Waals surface area contributed by atoms with Crippen molar-refractivity contribution < 1.29 is 35.2 Å². The van der Waals surface area contributed by atoms with Gasteiger partial charge in [-0.2, -0.15) is 12.6 Å². The molecule has 1 aromatic heterocycles. The van der Waals surface area contributed by atoms with E-state index in [1.165, 1.54) is 5.01 Å². The molecule has 2 unspecified atom stereocenters. The Kier molecular flexibility index (Phi) is 16.0. The van der Waals surface area contributed by atoms with E-state index in [1.807, 2.05) is 24.3 Å². The van der Waals surface area contributed by atoms with Crippen LogP contribution in [-0.4, -0.2) is 119 Å². The Hall–Kier alpha value is -5.50. The molecule has 6 atom stereocenters. The molecule has 56 heavy (non-hydrogen) atoms. The van der Waals surface area contributed by atoms with Gasteiger partial charge in [-0.1, -0.05) is 48.5 Å². The number of nitrogens with zero attached hydrogens (tertiary/aromatic N) is 2. The molecule has 0 aliphatic carbocycles. The monoisotopic (exact) mass is 794 g/mol. The van der Waals surface area contributed by atoms with Gasteiger partial charge < -0.3 is 53.4 Å². The number of nitrogens with two attached hydrogens (primary N) is 3. The highest BCUT2D eigenvalue weighted by molar-refractivity contribution is 7.80. The molecule has 1 aliphatic rings. The molecule has 302 valence electrons. The third kappa shape index (κ3) is 12.5. The lowest BCUT2D eigenvalue weighted by Crippen LogP contribution is -2.61. The molecule has 1 saturated heterocycles. The summed E-state index contributed by atoms with van der Waals surface area (Å²) in [4.78, 5) is 86.5. The van der Waals surface area contributed by atoms with Gasteiger partial charge >= 0.3 is 0 Å². The van der Waals surface area contributed by atoms with E-state index in [9.17, 15) is 33.9 Å². The van der Waals surface area contributed by atoms with E-state index in [2.05, 4.69) is 49.3 Å². The van der Waals surface area contributed by atoms with Gasteiger partial charge in [0.1, 0.15) is 37.8 Å². The van der Waals surface area contributed by atoms with Crippen LogP contribution in [0, 0.1) is 0 Å². The molecule has 18 nitrogen and oxygen atoms in total. The summed E-state index contributed by atoms with van der Waals surface area (Å²) in [5.74, 6) is -4.10. The van der Waals surface area contributed by atoms with Gasteiger partial charge in [-0.05, 0) is 42.9 Å². The van der Waals surface area contributed by atoms with Crippen LogP contribution in [-0.2, 0) is 41.6 Å². The molecule has 0 spiro atoms. The SMILES string of the molecule is [2H]C(=O)[C@@H]1CCCN1N[C@@H](CO)C(=O)NC(Cc1ccccc1)C(=O)N[C@@H](CCCN=C(N)N)C(=O)NC(Cc1c[nH]c2ccccc12)C(=O)N[C@@H](CS)C(N)=O. The topological polar surface area (TPSA) is 292 Å². The molecule has 0 radical (unpaired) electrons. The van der Waals surface area contributed by atoms with Crippen LogP contribution in [0.25, 0.3) is 10.9 Å². The molecule has 2 aromatic carbocycles. The molecule has 2 heterocycles. The molecular weight excluding hydrogens is 743 g/mol. The minimum absolute atomic E-state index is 0.000649. The van der Waals surface area contributed by atoms with Crippen molar-refractivity contribution in [2.45, 2.75) is 74.8 Å². The number of nitrogens with one attached hydrogen (secondary N) is 6. The van der Waals surface area contributed by atoms with Gasteiger partial charge in [-0.3, -0.25) is 29.0 Å². The number of aliphatic hydroxyl groups is 1. The fourth-order valence-corrected chi connectivity index (χ4v) is 6.55. The number of rotatable bonds is 22. The van der Waals surface area contributed by atoms with Gasteiger partial charge in [0, 0.05) is 48.8 Å². The third-order valence-electron chi connectivity index (χ3n) is 9.28. The number of aldehydes is 1. The highest BCUT2D eigenvalue weighted by Gasteiger charge is 2.34. The van der Waals surface area contributed by atoms with Crippen LogP contribution >= 0.6 is 12.6 Å². The number of H-pyrrole nitrogens is 1. The van der Waals surface area contributed by atoms with Crippen molar-refractivity contribution in [2.75, 3.05) is 25.4 Å². The number of guanidine groups is 1. The van der Waals surface area contributed by atoms with Crippen LogP contribution in [0.4, 0.5) is 0 Å². The van der Waals surface area contributed by atoms with Gasteiger partial charge in [0.2, 0.25) is 29.5 Å². The number of primary amides is 1. The average molecular weight is 795 g/mol. The summed E-state index contributed by atoms with van der Waals surface area (Å²) in [5.41, 5.74) is 21.4. The molecule has 3 aromatic rings. The average Bonchev–Trinajstić information content (AvgIpc) is 3.83. The number of amides is 5. The standard InChI is InChI=1S/C37H51N11O7S/c38-32(51)31(21-56)46-35(54)29(17-23-18-42-26-12-5-4-11-25(23)26)45-33(52)27(13-6-14-41-37(39)40)43-34(53)28(16-22-8-2-1-3-9-22)44-36(55)30(20-50)47-48-15-7-10-24(48)19-49/h1-5,8-9,11-12,18-19,24,27-31,42,47,50,56H,6-7,10,13-17,20-21H2,(H2,38,51)(H,43,53)(H,44,55)(H,45,52)(H,46,54)(H4,39,40,41)/t24-,27-,28?,29?,30-,31-/m0/s1/i19D. The number of aliphatic imine (C=N–C) groups is 1. The van der Waals surface area contributed by atoms with Gasteiger partial charge in [-0.15, -0.1) is 0 Å². The number of aromatic amines is 1. The third-order valence-corrected chi connectivity index (χ3v) is 9.64. The van der Waals surface area contributed by atoms with E-state index in [1.54, 1.807) is 36.5 Å². The van der Waals surface area contributed by atoms with Gasteiger partial charge in [0.05, 0.1) is 12.6 Å². The van der Waals surface area contributed by atoms with E-state index >= 15 is 0 Å². The number of aromatic nitrogens is 1. The maximum Gasteiger partial charge on any atom is 0.243 e. The van der Waals surface area contributed by atoms with Gasteiger partial charge in [0.25, 0.3) is 0 Å². The quantitative estimate of drug-likeness (QED) is 0.0172. The van der Waals surface area contributed by atoms with Gasteiger partial charge in [0.15, 0.2) is 5.96 Å². The van der Waals surface area contributed by atoms with Crippen molar-refractivity contribution >= 4 is 65.3 Å². The number of fused-ring (bicyclic) bond motifs is 1. The Bertz CT molecular complexity index is 1900. The second kappa shape index (κ2) is 21.6. The summed E-state index contributed by atoms with van der Waals surface area (Å²) in [5, 5.41) is 23.0. The molecule has 13 N–H and O–H groups in total. The zero-order chi connectivity index (χ0) is 41.5. The van der Waals surface area contributed by atoms with Crippen LogP contribution in [0.2, 0.25) is 0 Å². The van der Waals surface area contributed by atoms with Crippen molar-refractivity contribution in [1.29, 1.82) is 0 Å². The molecule has 1 aliphatic heterocycles. The van der Waals surface area contributed by atoms with Crippen molar-refractivity contribution in [3.63, 3.8) is 0 Å². The molecule has 1 fully saturated rings. The van der Waals surface area contributed by atoms with Crippen molar-refractivity contribution in [3.05, 3.63) is 71.9 Å². The summed E-state index contributed by atoms with van der Waals surface area (Å²) in [6, 6.07) is 9.14. The van der Waals surface area contributed by atoms with Crippen LogP contribution in [0.15, 0.2) is 65.8 Å². The molecule has 5 amide bonds. The van der Waals surface area contributed by atoms with Crippen molar-refractivity contribution in [2.24, 2.45) is 22.2 Å². The van der Waals surface area contributed by atoms with Gasteiger partial charge in [-0.25, -0.2) is 10.4 Å². The number of hydrazine groups is 1. The number of thiol groups is 1. The molecule has 19 heteroatoms. The molecule has 0 saturated carbocycles. The van der Waals surface area contributed by atoms with E-state index in [4.69, 9.17) is 18.6 Å². The van der Waals surface area contributed by atoms with E-state index in [-0.39, 0.29) is 43.9 Å². The lowest BCUT2D eigenvalue weighted by Gasteiger charge is -2.29. The summed E-state index contributed by atoms with van der Waals surface area (Å²) >= 11 is 4.12. The summed E-state index contributed by atoms with van der Waals surface area (Å²) in [7, 11) is 0. The normalized spacial score (nSPS) is 17.0. The largest absolute Gasteiger partial charge is 0.394 e. The zero-order valence-electron chi connectivity index (χ0n) is 31.8. The summed E-state index contributed by atoms with van der Waals surface area (Å²) in [6.07, 6.45) is 2.07. The first-order valence-corrected chi connectivity index (χ1v) is 18.8. The predicted molar refractivity (Wildman–Crippen MR) is 213 cm³/mol. The Morgan fingerprint density at radius 3 is 2.14 bits per heavy atom. The highest BCUT2D eigenvalue weighted by atomic mass is 32.1. The van der Waals surface area contributed by atoms with Crippen LogP contribution in [0.3, 0.4) is 0 Å². The fourth-order valence-electron chi connectivity index (χ4n) is 6.28. The van der Waals surface area contributed by atoms with Crippen molar-refractivity contribution in [3.8, 4) is 0 Å². The Morgan fingerprint density at radius 1 is 0.893 bits per heavy atom. The number of carbonyl (C=O) groups excluding carboxylic acids is 6. The minimum atomic E-state index is -1.28. The fraction of sp³-hybridized carbons (Fsp3) is 0.432. The van der Waals surface area contributed by atoms with E-state index in [0.29, 0.717) is 30.5 Å². The van der Waals surface area contributed by atoms with E-state index in [0.717, 1.165) is 10.9 Å². The Morgan fingerprint density at radius 2 is 1.50 bits per heavy atom. The van der Waals surface area contributed by atoms with Crippen LogP contribution in [0.1, 0.15) is 38.2 Å². The van der Waals surface area contributed by atoms with E-state index < -0.39 is 78.7 Å². The number of benzene rings is 2. The second-order valence-corrected chi connectivity index (χ2v) is 13.7. The van der Waals surface area contributed by atoms with Crippen molar-refractivity contribution in [1.82, 2.24) is 36.7 Å². The molecule has 0 bridgehead atoms. The lowest BCUT2D eigenvalue weighted by molar-refractivity contribution is -0.135. The summed E-state index contributed by atoms with van der Waals surface area (Å²) < 4.78 is 7.56. The Labute approximate surface area is 330 Å². The number of hydrogen-bond acceptors (Lipinski definition) is 11. The lowest BCUT2D eigenvalue weighted by atomic mass is 10.0. The maximum atomic E-state index is 14.2.